The second kappa shape index (κ2) is 6.32. The van der Waals surface area contributed by atoms with Crippen molar-refractivity contribution in [1.82, 2.24) is 4.90 Å². The van der Waals surface area contributed by atoms with Gasteiger partial charge in [0.05, 0.1) is 0 Å². The van der Waals surface area contributed by atoms with Gasteiger partial charge in [0.25, 0.3) is 5.91 Å². The molecule has 1 aromatic rings. The minimum Gasteiger partial charge on any atom is -0.435 e. The van der Waals surface area contributed by atoms with Crippen molar-refractivity contribution in [1.29, 1.82) is 0 Å². The Hall–Kier alpha value is -1.17. The predicted molar refractivity (Wildman–Crippen MR) is 70.9 cm³/mol. The number of ether oxygens (including phenoxy) is 1. The van der Waals surface area contributed by atoms with E-state index in [0.717, 1.165) is 11.8 Å². The molecule has 0 spiro atoms. The van der Waals surface area contributed by atoms with Gasteiger partial charge in [0, 0.05) is 24.0 Å². The number of rotatable bonds is 4. The number of alkyl halides is 3. The summed E-state index contributed by atoms with van der Waals surface area (Å²) in [5, 5.41) is 0.866. The van der Waals surface area contributed by atoms with Gasteiger partial charge in [0.2, 0.25) is 0 Å². The highest BCUT2D eigenvalue weighted by Gasteiger charge is 2.26. The van der Waals surface area contributed by atoms with E-state index in [1.807, 2.05) is 0 Å². The van der Waals surface area contributed by atoms with Gasteiger partial charge in [-0.15, -0.1) is 0 Å². The average molecular weight is 334 g/mol. The molecule has 1 aliphatic heterocycles. The molecule has 1 amide bonds. The molecule has 6 heteroatoms. The second-order valence-electron chi connectivity index (χ2n) is 4.47. The average Bonchev–Trinajstić information content (AvgIpc) is 2.86. The molecular formula is C13H14BrF2NO2. The predicted octanol–water partition coefficient (Wildman–Crippen LogP) is 3.15. The van der Waals surface area contributed by atoms with E-state index >= 15 is 0 Å². The molecule has 1 aliphatic rings. The van der Waals surface area contributed by atoms with Crippen molar-refractivity contribution in [3.63, 3.8) is 0 Å². The van der Waals surface area contributed by atoms with Gasteiger partial charge in [-0.05, 0) is 30.5 Å². The molecule has 1 fully saturated rings. The number of carbonyl (C=O) groups excluding carboxylic acids is 1. The number of nitrogens with zero attached hydrogens (tertiary/aromatic N) is 1. The lowest BCUT2D eigenvalue weighted by Crippen LogP contribution is -2.28. The number of hydrogen-bond acceptors (Lipinski definition) is 2. The van der Waals surface area contributed by atoms with Crippen molar-refractivity contribution in [2.24, 2.45) is 5.92 Å². The summed E-state index contributed by atoms with van der Waals surface area (Å²) >= 11 is 3.41. The van der Waals surface area contributed by atoms with E-state index in [-0.39, 0.29) is 11.7 Å². The maximum atomic E-state index is 12.2. The summed E-state index contributed by atoms with van der Waals surface area (Å²) in [6, 6.07) is 5.93. The van der Waals surface area contributed by atoms with E-state index in [1.165, 1.54) is 12.1 Å². The van der Waals surface area contributed by atoms with Crippen LogP contribution in [0.2, 0.25) is 0 Å². The number of halogens is 3. The Kier molecular flexibility index (Phi) is 4.74. The van der Waals surface area contributed by atoms with Gasteiger partial charge in [-0.3, -0.25) is 4.79 Å². The highest BCUT2D eigenvalue weighted by atomic mass is 79.9. The fraction of sp³-hybridized carbons (Fsp3) is 0.462. The largest absolute Gasteiger partial charge is 0.435 e. The lowest BCUT2D eigenvalue weighted by atomic mass is 10.1. The Morgan fingerprint density at radius 3 is 2.95 bits per heavy atom. The topological polar surface area (TPSA) is 29.5 Å². The minimum atomic E-state index is -2.88. The van der Waals surface area contributed by atoms with Crippen LogP contribution in [-0.4, -0.2) is 35.8 Å². The van der Waals surface area contributed by atoms with Crippen LogP contribution in [0.4, 0.5) is 8.78 Å². The molecule has 1 unspecified atom stereocenters. The summed E-state index contributed by atoms with van der Waals surface area (Å²) in [4.78, 5) is 14.0. The van der Waals surface area contributed by atoms with E-state index in [0.29, 0.717) is 24.6 Å². The van der Waals surface area contributed by atoms with E-state index in [1.54, 1.807) is 17.0 Å². The summed E-state index contributed by atoms with van der Waals surface area (Å²) in [6.07, 6.45) is 0.963. The monoisotopic (exact) mass is 333 g/mol. The molecule has 1 saturated heterocycles. The number of carbonyl (C=O) groups is 1. The van der Waals surface area contributed by atoms with Crippen molar-refractivity contribution in [3.8, 4) is 5.75 Å². The van der Waals surface area contributed by atoms with Gasteiger partial charge in [0.1, 0.15) is 5.75 Å². The molecule has 0 bridgehead atoms. The van der Waals surface area contributed by atoms with E-state index < -0.39 is 6.61 Å². The van der Waals surface area contributed by atoms with Crippen LogP contribution in [0.5, 0.6) is 5.75 Å². The lowest BCUT2D eigenvalue weighted by molar-refractivity contribution is -0.0499. The van der Waals surface area contributed by atoms with Crippen molar-refractivity contribution in [3.05, 3.63) is 29.8 Å². The molecule has 0 saturated carbocycles. The highest BCUT2D eigenvalue weighted by molar-refractivity contribution is 9.09. The summed E-state index contributed by atoms with van der Waals surface area (Å²) < 4.78 is 28.6. The number of benzene rings is 1. The number of amides is 1. The standard InChI is InChI=1S/C13H14BrF2NO2/c14-7-9-4-5-17(8-9)12(18)10-2-1-3-11(6-10)19-13(15)16/h1-3,6,9,13H,4-5,7-8H2. The van der Waals surface area contributed by atoms with Crippen LogP contribution >= 0.6 is 15.9 Å². The summed E-state index contributed by atoms with van der Waals surface area (Å²) in [5.41, 5.74) is 0.383. The Balaban J connectivity index is 2.07. The molecule has 0 radical (unpaired) electrons. The number of hydrogen-bond donors (Lipinski definition) is 0. The van der Waals surface area contributed by atoms with Gasteiger partial charge in [0.15, 0.2) is 0 Å². The quantitative estimate of drug-likeness (QED) is 0.792. The molecule has 1 heterocycles. The first-order valence-corrected chi connectivity index (χ1v) is 7.12. The van der Waals surface area contributed by atoms with Gasteiger partial charge in [-0.25, -0.2) is 0 Å². The van der Waals surface area contributed by atoms with Crippen molar-refractivity contribution in [2.75, 3.05) is 18.4 Å². The summed E-state index contributed by atoms with van der Waals surface area (Å²) in [6.45, 7) is -1.48. The zero-order chi connectivity index (χ0) is 13.8. The molecule has 104 valence electrons. The Labute approximate surface area is 118 Å². The van der Waals surface area contributed by atoms with E-state index in [9.17, 15) is 13.6 Å². The van der Waals surface area contributed by atoms with Gasteiger partial charge >= 0.3 is 6.61 Å². The first-order valence-electron chi connectivity index (χ1n) is 6.00. The first-order chi connectivity index (χ1) is 9.10. The first kappa shape index (κ1) is 14.2. The molecular weight excluding hydrogens is 320 g/mol. The lowest BCUT2D eigenvalue weighted by Gasteiger charge is -2.16. The van der Waals surface area contributed by atoms with Crippen LogP contribution in [0, 0.1) is 5.92 Å². The van der Waals surface area contributed by atoms with Crippen LogP contribution < -0.4 is 4.74 Å². The minimum absolute atomic E-state index is 0.0112. The summed E-state index contributed by atoms with van der Waals surface area (Å²) in [7, 11) is 0. The zero-order valence-corrected chi connectivity index (χ0v) is 11.8. The molecule has 0 aliphatic carbocycles. The maximum Gasteiger partial charge on any atom is 0.387 e. The fourth-order valence-electron chi connectivity index (χ4n) is 2.13. The molecule has 0 N–H and O–H groups in total. The van der Waals surface area contributed by atoms with Crippen LogP contribution in [0.15, 0.2) is 24.3 Å². The van der Waals surface area contributed by atoms with Gasteiger partial charge in [-0.1, -0.05) is 22.0 Å². The van der Waals surface area contributed by atoms with Crippen LogP contribution in [0.1, 0.15) is 16.8 Å². The number of likely N-dealkylation sites (tertiary alicyclic amines) is 1. The Morgan fingerprint density at radius 1 is 1.53 bits per heavy atom. The SMILES string of the molecule is O=C(c1cccc(OC(F)F)c1)N1CCC(CBr)C1. The highest BCUT2D eigenvalue weighted by Crippen LogP contribution is 2.22. The molecule has 0 aromatic heterocycles. The van der Waals surface area contributed by atoms with Gasteiger partial charge < -0.3 is 9.64 Å². The molecule has 19 heavy (non-hydrogen) atoms. The Morgan fingerprint density at radius 2 is 2.32 bits per heavy atom. The van der Waals surface area contributed by atoms with E-state index in [4.69, 9.17) is 0 Å². The molecule has 1 aromatic carbocycles. The summed E-state index contributed by atoms with van der Waals surface area (Å²) in [5.74, 6) is 0.338. The van der Waals surface area contributed by atoms with Gasteiger partial charge in [-0.2, -0.15) is 8.78 Å². The second-order valence-corrected chi connectivity index (χ2v) is 5.11. The van der Waals surface area contributed by atoms with Crippen LogP contribution in [0.3, 0.4) is 0 Å². The third-order valence-electron chi connectivity index (χ3n) is 3.10. The Bertz CT molecular complexity index is 456. The van der Waals surface area contributed by atoms with Crippen molar-refractivity contribution >= 4 is 21.8 Å². The van der Waals surface area contributed by atoms with Crippen LogP contribution in [-0.2, 0) is 0 Å². The zero-order valence-electron chi connectivity index (χ0n) is 10.2. The maximum absolute atomic E-state index is 12.2. The molecule has 2 rings (SSSR count). The normalized spacial score (nSPS) is 18.9. The van der Waals surface area contributed by atoms with Crippen molar-refractivity contribution < 1.29 is 18.3 Å². The fourth-order valence-corrected chi connectivity index (χ4v) is 2.66. The smallest absolute Gasteiger partial charge is 0.387 e. The van der Waals surface area contributed by atoms with E-state index in [2.05, 4.69) is 20.7 Å². The molecule has 1 atom stereocenters. The van der Waals surface area contributed by atoms with Crippen LogP contribution in [0.25, 0.3) is 0 Å². The molecule has 3 nitrogen and oxygen atoms in total. The van der Waals surface area contributed by atoms with Crippen molar-refractivity contribution in [2.45, 2.75) is 13.0 Å². The third-order valence-corrected chi connectivity index (χ3v) is 4.01. The third kappa shape index (κ3) is 3.65.